The molecule has 0 aliphatic carbocycles. The van der Waals surface area contributed by atoms with E-state index >= 15 is 0 Å². The van der Waals surface area contributed by atoms with Gasteiger partial charge in [0.15, 0.2) is 0 Å². The van der Waals surface area contributed by atoms with Gasteiger partial charge in [0.25, 0.3) is 10.2 Å². The predicted octanol–water partition coefficient (Wildman–Crippen LogP) is 1.36. The molecule has 3 N–H and O–H groups in total. The van der Waals surface area contributed by atoms with Crippen molar-refractivity contribution in [2.45, 2.75) is 0 Å². The Kier molecular flexibility index (Phi) is 3.08. The van der Waals surface area contributed by atoms with E-state index in [0.29, 0.717) is 5.69 Å². The number of nitrogens with two attached hydrogens (primary N) is 1. The van der Waals surface area contributed by atoms with Crippen molar-refractivity contribution in [3.8, 4) is 11.1 Å². The second kappa shape index (κ2) is 4.52. The van der Waals surface area contributed by atoms with Crippen LogP contribution in [0.3, 0.4) is 0 Å². The minimum Gasteiger partial charge on any atom is -0.271 e. The van der Waals surface area contributed by atoms with Gasteiger partial charge in [0.2, 0.25) is 0 Å². The number of aromatic nitrogens is 1. The van der Waals surface area contributed by atoms with Gasteiger partial charge >= 0.3 is 0 Å². The molecule has 0 saturated carbocycles. The monoisotopic (exact) mass is 249 g/mol. The minimum atomic E-state index is -3.74. The molecule has 1 aromatic heterocycles. The maximum absolute atomic E-state index is 10.9. The lowest BCUT2D eigenvalue weighted by Gasteiger charge is -2.06. The highest BCUT2D eigenvalue weighted by Gasteiger charge is 2.03. The summed E-state index contributed by atoms with van der Waals surface area (Å²) in [4.78, 5) is 4.00. The third kappa shape index (κ3) is 3.27. The van der Waals surface area contributed by atoms with Crippen LogP contribution in [0.2, 0.25) is 0 Å². The van der Waals surface area contributed by atoms with Gasteiger partial charge in [-0.3, -0.25) is 9.71 Å². The van der Waals surface area contributed by atoms with Gasteiger partial charge in [-0.25, -0.2) is 5.14 Å². The van der Waals surface area contributed by atoms with Crippen molar-refractivity contribution in [2.24, 2.45) is 5.14 Å². The number of nitrogens with one attached hydrogen (secondary N) is 1. The maximum Gasteiger partial charge on any atom is 0.296 e. The van der Waals surface area contributed by atoms with Gasteiger partial charge < -0.3 is 0 Å². The summed E-state index contributed by atoms with van der Waals surface area (Å²) in [5.41, 5.74) is 2.20. The lowest BCUT2D eigenvalue weighted by atomic mass is 10.1. The molecule has 2 aromatic rings. The Morgan fingerprint density at radius 3 is 2.53 bits per heavy atom. The number of pyridine rings is 1. The predicted molar refractivity (Wildman–Crippen MR) is 66.4 cm³/mol. The van der Waals surface area contributed by atoms with E-state index in [9.17, 15) is 8.42 Å². The smallest absolute Gasteiger partial charge is 0.271 e. The van der Waals surface area contributed by atoms with E-state index in [1.165, 1.54) is 0 Å². The van der Waals surface area contributed by atoms with Crippen LogP contribution in [0.1, 0.15) is 0 Å². The van der Waals surface area contributed by atoms with Crippen molar-refractivity contribution in [1.29, 1.82) is 0 Å². The molecule has 88 valence electrons. The molecule has 1 aromatic carbocycles. The van der Waals surface area contributed by atoms with E-state index in [1.807, 2.05) is 18.2 Å². The van der Waals surface area contributed by atoms with Gasteiger partial charge in [0.05, 0.1) is 5.69 Å². The van der Waals surface area contributed by atoms with Crippen LogP contribution >= 0.6 is 0 Å². The first-order valence-electron chi connectivity index (χ1n) is 4.85. The molecule has 0 bridgehead atoms. The third-order valence-corrected chi connectivity index (χ3v) is 2.64. The molecule has 5 nitrogen and oxygen atoms in total. The summed E-state index contributed by atoms with van der Waals surface area (Å²) in [6, 6.07) is 10.6. The molecule has 0 aliphatic heterocycles. The topological polar surface area (TPSA) is 85.1 Å². The molecule has 0 unspecified atom stereocenters. The van der Waals surface area contributed by atoms with Crippen LogP contribution in [0.5, 0.6) is 0 Å². The summed E-state index contributed by atoms with van der Waals surface area (Å²) in [6.45, 7) is 0. The zero-order valence-corrected chi connectivity index (χ0v) is 9.68. The van der Waals surface area contributed by atoms with Gasteiger partial charge in [-0.15, -0.1) is 0 Å². The largest absolute Gasteiger partial charge is 0.296 e. The summed E-state index contributed by atoms with van der Waals surface area (Å²) in [6.07, 6.45) is 3.38. The van der Waals surface area contributed by atoms with Crippen molar-refractivity contribution in [3.05, 3.63) is 48.8 Å². The van der Waals surface area contributed by atoms with Crippen LogP contribution in [0, 0.1) is 0 Å². The summed E-state index contributed by atoms with van der Waals surface area (Å²) in [5.74, 6) is 0. The fourth-order valence-electron chi connectivity index (χ4n) is 1.46. The standard InChI is InChI=1S/C11H11N3O2S/c12-17(15,16)14-11-5-1-3-9(7-11)10-4-2-6-13-8-10/h1-8,14H,(H2,12,15,16). The van der Waals surface area contributed by atoms with Crippen molar-refractivity contribution in [3.63, 3.8) is 0 Å². The SMILES string of the molecule is NS(=O)(=O)Nc1cccc(-c2cccnc2)c1. The summed E-state index contributed by atoms with van der Waals surface area (Å²) < 4.78 is 24.0. The molecule has 0 radical (unpaired) electrons. The summed E-state index contributed by atoms with van der Waals surface area (Å²) in [7, 11) is -3.74. The molecule has 17 heavy (non-hydrogen) atoms. The number of hydrogen-bond donors (Lipinski definition) is 2. The zero-order chi connectivity index (χ0) is 12.3. The normalized spacial score (nSPS) is 11.1. The minimum absolute atomic E-state index is 0.425. The Morgan fingerprint density at radius 1 is 1.12 bits per heavy atom. The van der Waals surface area contributed by atoms with Gasteiger partial charge in [-0.1, -0.05) is 18.2 Å². The first-order chi connectivity index (χ1) is 8.04. The van der Waals surface area contributed by atoms with E-state index in [0.717, 1.165) is 11.1 Å². The Bertz CT molecular complexity index is 612. The highest BCUT2D eigenvalue weighted by molar-refractivity contribution is 7.90. The molecule has 0 amide bonds. The van der Waals surface area contributed by atoms with Gasteiger partial charge in [-0.2, -0.15) is 8.42 Å². The summed E-state index contributed by atoms with van der Waals surface area (Å²) in [5, 5.41) is 4.91. The Hall–Kier alpha value is -1.92. The number of benzene rings is 1. The molecular weight excluding hydrogens is 238 g/mol. The molecule has 0 atom stereocenters. The fourth-order valence-corrected chi connectivity index (χ4v) is 1.92. The average Bonchev–Trinajstić information content (AvgIpc) is 2.28. The number of rotatable bonds is 3. The van der Waals surface area contributed by atoms with E-state index in [-0.39, 0.29) is 0 Å². The zero-order valence-electron chi connectivity index (χ0n) is 8.87. The Labute approximate surface area is 99.5 Å². The highest BCUT2D eigenvalue weighted by Crippen LogP contribution is 2.21. The second-order valence-electron chi connectivity index (χ2n) is 3.47. The molecule has 0 aliphatic rings. The van der Waals surface area contributed by atoms with E-state index in [4.69, 9.17) is 5.14 Å². The molecular formula is C11H11N3O2S. The van der Waals surface area contributed by atoms with E-state index in [2.05, 4.69) is 9.71 Å². The van der Waals surface area contributed by atoms with Crippen molar-refractivity contribution in [2.75, 3.05) is 4.72 Å². The van der Waals surface area contributed by atoms with Crippen LogP contribution in [-0.2, 0) is 10.2 Å². The number of nitrogens with zero attached hydrogens (tertiary/aromatic N) is 1. The van der Waals surface area contributed by atoms with Gasteiger partial charge in [-0.05, 0) is 23.8 Å². The summed E-state index contributed by atoms with van der Waals surface area (Å²) >= 11 is 0. The second-order valence-corrected chi connectivity index (χ2v) is 4.76. The maximum atomic E-state index is 10.9. The first-order valence-corrected chi connectivity index (χ1v) is 6.40. The van der Waals surface area contributed by atoms with Crippen LogP contribution < -0.4 is 9.86 Å². The van der Waals surface area contributed by atoms with Crippen LogP contribution in [-0.4, -0.2) is 13.4 Å². The third-order valence-electron chi connectivity index (χ3n) is 2.12. The Morgan fingerprint density at radius 2 is 1.88 bits per heavy atom. The van der Waals surface area contributed by atoms with Crippen LogP contribution in [0.15, 0.2) is 48.8 Å². The van der Waals surface area contributed by atoms with Crippen molar-refractivity contribution in [1.82, 2.24) is 4.98 Å². The van der Waals surface area contributed by atoms with Gasteiger partial charge in [0, 0.05) is 18.0 Å². The fraction of sp³-hybridized carbons (Fsp3) is 0. The number of anilines is 1. The molecule has 0 fully saturated rings. The average molecular weight is 249 g/mol. The molecule has 2 rings (SSSR count). The van der Waals surface area contributed by atoms with Gasteiger partial charge in [0.1, 0.15) is 0 Å². The molecule has 0 spiro atoms. The van der Waals surface area contributed by atoms with Crippen molar-refractivity contribution >= 4 is 15.9 Å². The molecule has 6 heteroatoms. The molecule has 0 saturated heterocycles. The highest BCUT2D eigenvalue weighted by atomic mass is 32.2. The lowest BCUT2D eigenvalue weighted by Crippen LogP contribution is -2.21. The molecule has 1 heterocycles. The van der Waals surface area contributed by atoms with Crippen LogP contribution in [0.25, 0.3) is 11.1 Å². The van der Waals surface area contributed by atoms with E-state index in [1.54, 1.807) is 30.6 Å². The van der Waals surface area contributed by atoms with Crippen molar-refractivity contribution < 1.29 is 8.42 Å². The number of hydrogen-bond acceptors (Lipinski definition) is 3. The lowest BCUT2D eigenvalue weighted by molar-refractivity contribution is 0.603. The first kappa shape index (κ1) is 11.6. The van der Waals surface area contributed by atoms with Crippen LogP contribution in [0.4, 0.5) is 5.69 Å². The quantitative estimate of drug-likeness (QED) is 0.861. The Balaban J connectivity index is 2.36. The van der Waals surface area contributed by atoms with E-state index < -0.39 is 10.2 Å².